The largest absolute Gasteiger partial charge is 0.466 e. The van der Waals surface area contributed by atoms with E-state index >= 15 is 0 Å². The van der Waals surface area contributed by atoms with Crippen LogP contribution < -0.4 is 5.32 Å². The summed E-state index contributed by atoms with van der Waals surface area (Å²) < 4.78 is 4.71. The number of esters is 1. The van der Waals surface area contributed by atoms with Crippen LogP contribution in [0, 0.1) is 0 Å². The Morgan fingerprint density at radius 1 is 1.60 bits per heavy atom. The Bertz CT molecular complexity index is 321. The molecule has 0 fully saturated rings. The Kier molecular flexibility index (Phi) is 4.33. The van der Waals surface area contributed by atoms with E-state index in [9.17, 15) is 9.59 Å². The molecular weight excluding hydrogens is 198 g/mol. The molecular formula is C9H13N3O3. The van der Waals surface area contributed by atoms with Crippen LogP contribution in [0.4, 0.5) is 0 Å². The van der Waals surface area contributed by atoms with Crippen molar-refractivity contribution in [1.82, 2.24) is 15.5 Å². The van der Waals surface area contributed by atoms with Gasteiger partial charge < -0.3 is 10.1 Å². The van der Waals surface area contributed by atoms with Gasteiger partial charge in [-0.05, 0) is 6.92 Å². The van der Waals surface area contributed by atoms with Gasteiger partial charge in [-0.1, -0.05) is 0 Å². The first kappa shape index (κ1) is 11.2. The van der Waals surface area contributed by atoms with Gasteiger partial charge in [-0.15, -0.1) is 0 Å². The van der Waals surface area contributed by atoms with Gasteiger partial charge in [-0.2, -0.15) is 5.10 Å². The summed E-state index contributed by atoms with van der Waals surface area (Å²) in [6, 6.07) is 0. The van der Waals surface area contributed by atoms with Crippen LogP contribution in [0.25, 0.3) is 0 Å². The predicted molar refractivity (Wildman–Crippen MR) is 52.2 cm³/mol. The third-order valence-corrected chi connectivity index (χ3v) is 1.68. The summed E-state index contributed by atoms with van der Waals surface area (Å²) in [5.74, 6) is -0.571. The number of amides is 1. The quantitative estimate of drug-likeness (QED) is 0.676. The number of hydrogen-bond donors (Lipinski definition) is 2. The number of rotatable bonds is 5. The van der Waals surface area contributed by atoms with Gasteiger partial charge in [0.05, 0.1) is 24.8 Å². The predicted octanol–water partition coefficient (Wildman–Crippen LogP) is 0.0927. The van der Waals surface area contributed by atoms with Crippen molar-refractivity contribution in [3.05, 3.63) is 18.0 Å². The second kappa shape index (κ2) is 5.79. The van der Waals surface area contributed by atoms with Gasteiger partial charge in [0.25, 0.3) is 5.91 Å². The molecule has 1 amide bonds. The summed E-state index contributed by atoms with van der Waals surface area (Å²) in [6.45, 7) is 2.36. The van der Waals surface area contributed by atoms with Crippen LogP contribution in [0.3, 0.4) is 0 Å². The number of nitrogens with zero attached hydrogens (tertiary/aromatic N) is 1. The molecule has 0 aliphatic carbocycles. The molecule has 82 valence electrons. The third-order valence-electron chi connectivity index (χ3n) is 1.68. The molecule has 0 aliphatic rings. The van der Waals surface area contributed by atoms with Crippen LogP contribution >= 0.6 is 0 Å². The number of ether oxygens (including phenoxy) is 1. The zero-order chi connectivity index (χ0) is 11.1. The molecule has 0 unspecified atom stereocenters. The van der Waals surface area contributed by atoms with Gasteiger partial charge >= 0.3 is 5.97 Å². The highest BCUT2D eigenvalue weighted by molar-refractivity contribution is 5.93. The topological polar surface area (TPSA) is 84.1 Å². The number of carbonyl (C=O) groups is 2. The molecule has 1 rings (SSSR count). The number of aromatic amines is 1. The van der Waals surface area contributed by atoms with Crippen molar-refractivity contribution in [3.8, 4) is 0 Å². The lowest BCUT2D eigenvalue weighted by Gasteiger charge is -2.03. The van der Waals surface area contributed by atoms with Crippen molar-refractivity contribution in [2.45, 2.75) is 13.3 Å². The van der Waals surface area contributed by atoms with Gasteiger partial charge in [0.15, 0.2) is 0 Å². The van der Waals surface area contributed by atoms with Crippen LogP contribution in [0.15, 0.2) is 12.4 Å². The molecule has 0 aromatic carbocycles. The monoisotopic (exact) mass is 211 g/mol. The zero-order valence-corrected chi connectivity index (χ0v) is 8.45. The van der Waals surface area contributed by atoms with Crippen molar-refractivity contribution in [2.24, 2.45) is 0 Å². The molecule has 6 heteroatoms. The van der Waals surface area contributed by atoms with E-state index in [2.05, 4.69) is 15.5 Å². The molecule has 0 radical (unpaired) electrons. The van der Waals surface area contributed by atoms with Crippen LogP contribution in [0.5, 0.6) is 0 Å². The van der Waals surface area contributed by atoms with Crippen LogP contribution in [0.1, 0.15) is 23.7 Å². The molecule has 0 bridgehead atoms. The van der Waals surface area contributed by atoms with Gasteiger partial charge in [-0.25, -0.2) is 0 Å². The second-order valence-electron chi connectivity index (χ2n) is 2.80. The normalized spacial score (nSPS) is 9.67. The summed E-state index contributed by atoms with van der Waals surface area (Å²) in [5, 5.41) is 8.74. The van der Waals surface area contributed by atoms with Crippen LogP contribution in [0.2, 0.25) is 0 Å². The zero-order valence-electron chi connectivity index (χ0n) is 8.45. The number of aromatic nitrogens is 2. The average molecular weight is 211 g/mol. The minimum atomic E-state index is -0.315. The number of hydrogen-bond acceptors (Lipinski definition) is 4. The highest BCUT2D eigenvalue weighted by atomic mass is 16.5. The summed E-state index contributed by atoms with van der Waals surface area (Å²) in [6.07, 6.45) is 3.08. The molecule has 0 saturated heterocycles. The van der Waals surface area contributed by atoms with E-state index < -0.39 is 0 Å². The van der Waals surface area contributed by atoms with E-state index in [1.165, 1.54) is 12.4 Å². The lowest BCUT2D eigenvalue weighted by atomic mass is 10.3. The van der Waals surface area contributed by atoms with E-state index in [1.54, 1.807) is 6.92 Å². The molecule has 2 N–H and O–H groups in total. The highest BCUT2D eigenvalue weighted by Gasteiger charge is 2.07. The van der Waals surface area contributed by atoms with Crippen LogP contribution in [-0.4, -0.2) is 35.2 Å². The van der Waals surface area contributed by atoms with E-state index in [0.717, 1.165) is 0 Å². The van der Waals surface area contributed by atoms with Gasteiger partial charge in [-0.3, -0.25) is 14.7 Å². The Balaban J connectivity index is 2.21. The molecule has 6 nitrogen and oxygen atoms in total. The fraction of sp³-hybridized carbons (Fsp3) is 0.444. The number of nitrogens with one attached hydrogen (secondary N) is 2. The average Bonchev–Trinajstić information content (AvgIpc) is 2.70. The number of H-pyrrole nitrogens is 1. The lowest BCUT2D eigenvalue weighted by molar-refractivity contribution is -0.142. The van der Waals surface area contributed by atoms with Gasteiger partial charge in [0.1, 0.15) is 0 Å². The van der Waals surface area contributed by atoms with E-state index in [4.69, 9.17) is 4.74 Å². The Morgan fingerprint density at radius 3 is 3.00 bits per heavy atom. The van der Waals surface area contributed by atoms with Crippen molar-refractivity contribution in [1.29, 1.82) is 0 Å². The first-order chi connectivity index (χ1) is 7.24. The maximum Gasteiger partial charge on any atom is 0.307 e. The molecule has 0 spiro atoms. The summed E-state index contributed by atoms with van der Waals surface area (Å²) in [5.41, 5.74) is 0.443. The highest BCUT2D eigenvalue weighted by Crippen LogP contribution is 1.93. The Labute approximate surface area is 87.0 Å². The molecule has 0 aliphatic heterocycles. The molecule has 0 atom stereocenters. The lowest BCUT2D eigenvalue weighted by Crippen LogP contribution is -2.26. The maximum atomic E-state index is 11.3. The smallest absolute Gasteiger partial charge is 0.307 e. The molecule has 1 aromatic rings. The van der Waals surface area contributed by atoms with Crippen molar-refractivity contribution in [2.75, 3.05) is 13.2 Å². The van der Waals surface area contributed by atoms with E-state index in [1.807, 2.05) is 0 Å². The second-order valence-corrected chi connectivity index (χ2v) is 2.80. The molecule has 1 aromatic heterocycles. The molecule has 15 heavy (non-hydrogen) atoms. The molecule has 1 heterocycles. The van der Waals surface area contributed by atoms with Crippen molar-refractivity contribution >= 4 is 11.9 Å². The van der Waals surface area contributed by atoms with E-state index in [0.29, 0.717) is 12.2 Å². The third kappa shape index (κ3) is 3.80. The van der Waals surface area contributed by atoms with Crippen molar-refractivity contribution < 1.29 is 14.3 Å². The van der Waals surface area contributed by atoms with Gasteiger partial charge in [0, 0.05) is 12.7 Å². The maximum absolute atomic E-state index is 11.3. The minimum Gasteiger partial charge on any atom is -0.466 e. The minimum absolute atomic E-state index is 0.178. The van der Waals surface area contributed by atoms with Gasteiger partial charge in [0.2, 0.25) is 0 Å². The summed E-state index contributed by atoms with van der Waals surface area (Å²) in [4.78, 5) is 22.2. The van der Waals surface area contributed by atoms with Crippen LogP contribution in [-0.2, 0) is 9.53 Å². The standard InChI is InChI=1S/C9H13N3O3/c1-2-15-8(13)3-4-10-9(14)7-5-11-12-6-7/h5-6H,2-4H2,1H3,(H,10,14)(H,11,12). The summed E-state index contributed by atoms with van der Waals surface area (Å²) >= 11 is 0. The molecule has 0 saturated carbocycles. The Morgan fingerprint density at radius 2 is 2.40 bits per heavy atom. The first-order valence-electron chi connectivity index (χ1n) is 4.66. The Hall–Kier alpha value is -1.85. The summed E-state index contributed by atoms with van der Waals surface area (Å²) in [7, 11) is 0. The fourth-order valence-electron chi connectivity index (χ4n) is 0.988. The fourth-order valence-corrected chi connectivity index (χ4v) is 0.988. The number of carbonyl (C=O) groups excluding carboxylic acids is 2. The van der Waals surface area contributed by atoms with E-state index in [-0.39, 0.29) is 24.8 Å². The van der Waals surface area contributed by atoms with Crippen molar-refractivity contribution in [3.63, 3.8) is 0 Å². The first-order valence-corrected chi connectivity index (χ1v) is 4.66. The SMILES string of the molecule is CCOC(=O)CCNC(=O)c1cn[nH]c1.